The molecule has 4 aromatic rings. The first kappa shape index (κ1) is 25.6. The highest BCUT2D eigenvalue weighted by molar-refractivity contribution is 5.91. The molecule has 206 valence electrons. The van der Waals surface area contributed by atoms with E-state index in [-0.39, 0.29) is 47.2 Å². The number of benzene rings is 3. The van der Waals surface area contributed by atoms with Gasteiger partial charge in [0.15, 0.2) is 16.9 Å². The van der Waals surface area contributed by atoms with Crippen LogP contribution in [0, 0.1) is 0 Å². The van der Waals surface area contributed by atoms with Crippen LogP contribution in [0.4, 0.5) is 0 Å². The average Bonchev–Trinajstić information content (AvgIpc) is 3.45. The van der Waals surface area contributed by atoms with Gasteiger partial charge in [-0.3, -0.25) is 9.59 Å². The Hall–Kier alpha value is -4.66. The first-order valence-corrected chi connectivity index (χ1v) is 13.3. The van der Waals surface area contributed by atoms with E-state index in [0.717, 1.165) is 25.3 Å². The molecule has 0 bridgehead atoms. The standard InChI is InChI=1S/C31H29NO8/c1-37-25-12-19(13-26-30(25)39-17-38-26)20(14-27(36)32-10-6-3-7-11-32)28-21(33)15-22(34)29-23(35)16-24(40-31(28)29)18-8-4-2-5-9-18/h2,4-5,8-9,12-13,15-16,20,33-34H,3,6-7,10-11,14,17H2,1H3/t20-/m1/s1. The van der Waals surface area contributed by atoms with Gasteiger partial charge in [-0.1, -0.05) is 30.3 Å². The highest BCUT2D eigenvalue weighted by Crippen LogP contribution is 2.48. The van der Waals surface area contributed by atoms with Crippen molar-refractivity contribution in [2.45, 2.75) is 31.6 Å². The Balaban J connectivity index is 1.58. The number of aromatic hydroxyl groups is 2. The second kappa shape index (κ2) is 10.5. The summed E-state index contributed by atoms with van der Waals surface area (Å²) in [5, 5.41) is 21.9. The summed E-state index contributed by atoms with van der Waals surface area (Å²) in [6, 6.07) is 15.0. The smallest absolute Gasteiger partial charge is 0.231 e. The van der Waals surface area contributed by atoms with Crippen molar-refractivity contribution in [2.75, 3.05) is 27.0 Å². The van der Waals surface area contributed by atoms with Crippen molar-refractivity contribution in [3.05, 3.63) is 75.9 Å². The number of amides is 1. The number of phenols is 2. The molecule has 9 heteroatoms. The molecule has 3 aromatic carbocycles. The van der Waals surface area contributed by atoms with Gasteiger partial charge in [0.05, 0.1) is 7.11 Å². The van der Waals surface area contributed by atoms with Gasteiger partial charge in [0, 0.05) is 48.7 Å². The van der Waals surface area contributed by atoms with E-state index < -0.39 is 17.1 Å². The second-order valence-corrected chi connectivity index (χ2v) is 10.0. The summed E-state index contributed by atoms with van der Waals surface area (Å²) in [4.78, 5) is 28.8. The summed E-state index contributed by atoms with van der Waals surface area (Å²) in [6.45, 7) is 1.34. The van der Waals surface area contributed by atoms with Gasteiger partial charge in [-0.25, -0.2) is 0 Å². The van der Waals surface area contributed by atoms with Crippen molar-refractivity contribution in [1.82, 2.24) is 4.90 Å². The Morgan fingerprint density at radius 2 is 1.77 bits per heavy atom. The van der Waals surface area contributed by atoms with Crippen LogP contribution in [-0.4, -0.2) is 48.0 Å². The average molecular weight is 544 g/mol. The molecule has 0 radical (unpaired) electrons. The Morgan fingerprint density at radius 1 is 1.00 bits per heavy atom. The minimum atomic E-state index is -0.768. The molecule has 0 aliphatic carbocycles. The molecule has 1 saturated heterocycles. The molecule has 1 fully saturated rings. The van der Waals surface area contributed by atoms with Crippen LogP contribution >= 0.6 is 0 Å². The SMILES string of the molecule is COc1cc([C@@H](CC(=O)N2CCCCC2)c2c(O)cc(O)c3c(=O)cc(-c4ccccc4)oc23)cc2c1OCO2. The minimum Gasteiger partial charge on any atom is -0.507 e. The summed E-state index contributed by atoms with van der Waals surface area (Å²) in [5.74, 6) is 0.00556. The maximum Gasteiger partial charge on any atom is 0.231 e. The molecule has 9 nitrogen and oxygen atoms in total. The largest absolute Gasteiger partial charge is 0.507 e. The molecule has 3 heterocycles. The van der Waals surface area contributed by atoms with Crippen LogP contribution in [0.15, 0.2) is 63.8 Å². The Labute approximate surface area is 230 Å². The predicted octanol–water partition coefficient (Wildman–Crippen LogP) is 5.14. The summed E-state index contributed by atoms with van der Waals surface area (Å²) < 4.78 is 23.0. The number of piperidine rings is 1. The minimum absolute atomic E-state index is 0.0110. The molecule has 0 saturated carbocycles. The molecular weight excluding hydrogens is 514 g/mol. The lowest BCUT2D eigenvalue weighted by molar-refractivity contribution is -0.132. The molecule has 2 aliphatic heterocycles. The molecule has 1 amide bonds. The lowest BCUT2D eigenvalue weighted by Gasteiger charge is -2.29. The molecule has 6 rings (SSSR count). The van der Waals surface area contributed by atoms with Gasteiger partial charge in [-0.15, -0.1) is 0 Å². The van der Waals surface area contributed by atoms with Crippen molar-refractivity contribution < 1.29 is 33.6 Å². The molecule has 40 heavy (non-hydrogen) atoms. The zero-order valence-corrected chi connectivity index (χ0v) is 22.0. The number of carbonyl (C=O) groups is 1. The molecule has 0 spiro atoms. The van der Waals surface area contributed by atoms with E-state index in [4.69, 9.17) is 18.6 Å². The van der Waals surface area contributed by atoms with E-state index >= 15 is 0 Å². The number of likely N-dealkylation sites (tertiary alicyclic amines) is 1. The lowest BCUT2D eigenvalue weighted by atomic mass is 9.85. The van der Waals surface area contributed by atoms with Crippen LogP contribution in [0.2, 0.25) is 0 Å². The summed E-state index contributed by atoms with van der Waals surface area (Å²) in [6.07, 6.45) is 2.91. The fourth-order valence-corrected chi connectivity index (χ4v) is 5.59. The van der Waals surface area contributed by atoms with Crippen molar-refractivity contribution in [2.24, 2.45) is 0 Å². The number of hydrogen-bond donors (Lipinski definition) is 2. The number of fused-ring (bicyclic) bond motifs is 2. The van der Waals surface area contributed by atoms with Crippen LogP contribution in [0.25, 0.3) is 22.3 Å². The number of hydrogen-bond acceptors (Lipinski definition) is 8. The number of ether oxygens (including phenoxy) is 3. The normalized spacial score (nSPS) is 15.3. The van der Waals surface area contributed by atoms with E-state index in [1.165, 1.54) is 13.2 Å². The first-order chi connectivity index (χ1) is 19.4. The molecule has 1 aromatic heterocycles. The Bertz CT molecular complexity index is 1640. The molecule has 1 atom stereocenters. The van der Waals surface area contributed by atoms with Gasteiger partial charge in [0.25, 0.3) is 0 Å². The maximum absolute atomic E-state index is 13.6. The van der Waals surface area contributed by atoms with Gasteiger partial charge in [0.2, 0.25) is 18.4 Å². The number of carbonyl (C=O) groups excluding carboxylic acids is 1. The van der Waals surface area contributed by atoms with E-state index in [1.807, 2.05) is 23.1 Å². The van der Waals surface area contributed by atoms with Gasteiger partial charge < -0.3 is 33.7 Å². The highest BCUT2D eigenvalue weighted by atomic mass is 16.7. The third-order valence-electron chi connectivity index (χ3n) is 7.58. The van der Waals surface area contributed by atoms with E-state index in [1.54, 1.807) is 24.3 Å². The third kappa shape index (κ3) is 4.57. The zero-order valence-electron chi connectivity index (χ0n) is 22.0. The fraction of sp³-hybridized carbons (Fsp3) is 0.290. The van der Waals surface area contributed by atoms with Crippen LogP contribution in [-0.2, 0) is 4.79 Å². The monoisotopic (exact) mass is 543 g/mol. The predicted molar refractivity (Wildman–Crippen MR) is 147 cm³/mol. The number of methoxy groups -OCH3 is 1. The van der Waals surface area contributed by atoms with Gasteiger partial charge in [0.1, 0.15) is 28.2 Å². The van der Waals surface area contributed by atoms with Crippen molar-refractivity contribution in [3.63, 3.8) is 0 Å². The molecule has 2 aliphatic rings. The molecular formula is C31H29NO8. The van der Waals surface area contributed by atoms with Crippen LogP contribution < -0.4 is 19.6 Å². The quantitative estimate of drug-likeness (QED) is 0.343. The highest BCUT2D eigenvalue weighted by Gasteiger charge is 2.32. The van der Waals surface area contributed by atoms with Crippen LogP contribution in [0.1, 0.15) is 42.7 Å². The van der Waals surface area contributed by atoms with Crippen LogP contribution in [0.3, 0.4) is 0 Å². The molecule has 0 unspecified atom stereocenters. The second-order valence-electron chi connectivity index (χ2n) is 10.0. The first-order valence-electron chi connectivity index (χ1n) is 13.3. The Morgan fingerprint density at radius 3 is 2.52 bits per heavy atom. The summed E-state index contributed by atoms with van der Waals surface area (Å²) in [7, 11) is 1.51. The third-order valence-corrected chi connectivity index (χ3v) is 7.58. The Kier molecular flexibility index (Phi) is 6.71. The van der Waals surface area contributed by atoms with Crippen molar-refractivity contribution in [3.8, 4) is 40.1 Å². The number of phenolic OH excluding ortho intramolecular Hbond substituents is 2. The summed E-state index contributed by atoms with van der Waals surface area (Å²) >= 11 is 0. The van der Waals surface area contributed by atoms with Crippen LogP contribution in [0.5, 0.6) is 28.7 Å². The lowest BCUT2D eigenvalue weighted by Crippen LogP contribution is -2.36. The van der Waals surface area contributed by atoms with Gasteiger partial charge in [-0.2, -0.15) is 0 Å². The van der Waals surface area contributed by atoms with E-state index in [2.05, 4.69) is 0 Å². The number of rotatable bonds is 6. The zero-order chi connectivity index (χ0) is 27.8. The topological polar surface area (TPSA) is 119 Å². The van der Waals surface area contributed by atoms with E-state index in [9.17, 15) is 19.8 Å². The van der Waals surface area contributed by atoms with Gasteiger partial charge >= 0.3 is 0 Å². The maximum atomic E-state index is 13.6. The van der Waals surface area contributed by atoms with Gasteiger partial charge in [-0.05, 0) is 37.0 Å². The molecule has 2 N–H and O–H groups in total. The number of nitrogens with zero attached hydrogens (tertiary/aromatic N) is 1. The van der Waals surface area contributed by atoms with Crippen molar-refractivity contribution in [1.29, 1.82) is 0 Å². The van der Waals surface area contributed by atoms with Crippen molar-refractivity contribution >= 4 is 16.9 Å². The fourth-order valence-electron chi connectivity index (χ4n) is 5.59. The summed E-state index contributed by atoms with van der Waals surface area (Å²) in [5.41, 5.74) is 1.01. The van der Waals surface area contributed by atoms with E-state index in [0.29, 0.717) is 41.5 Å².